The van der Waals surface area contributed by atoms with Crippen LogP contribution in [-0.4, -0.2) is 46.8 Å². The predicted molar refractivity (Wildman–Crippen MR) is 130 cm³/mol. The summed E-state index contributed by atoms with van der Waals surface area (Å²) in [5.41, 5.74) is 1.77. The largest absolute Gasteiger partial charge is 0.493 e. The lowest BCUT2D eigenvalue weighted by Crippen LogP contribution is -2.49. The second kappa shape index (κ2) is 9.05. The number of aromatic nitrogens is 2. The summed E-state index contributed by atoms with van der Waals surface area (Å²) in [5, 5.41) is 3.71. The Kier molecular flexibility index (Phi) is 6.34. The number of carbonyl (C=O) groups is 1. The summed E-state index contributed by atoms with van der Waals surface area (Å²) < 4.78 is 12.3. The van der Waals surface area contributed by atoms with E-state index in [1.807, 2.05) is 39.0 Å². The van der Waals surface area contributed by atoms with Crippen molar-refractivity contribution in [3.63, 3.8) is 0 Å². The first-order valence-electron chi connectivity index (χ1n) is 11.0. The summed E-state index contributed by atoms with van der Waals surface area (Å²) in [7, 11) is 3.22. The standard InChI is InChI=1S/C24H30N4O4S/c1-24(2,3)26-23(30)27-11-9-16-19(13-27)33-21-20(16)22(29)28(14-25-21)10-8-15-6-7-17(31-4)18(12-15)32-5/h6-7,12,14H,8-11,13H2,1-5H3,(H,26,30). The highest BCUT2D eigenvalue weighted by Gasteiger charge is 2.28. The second-order valence-electron chi connectivity index (χ2n) is 9.22. The molecule has 0 fully saturated rings. The van der Waals surface area contributed by atoms with Crippen LogP contribution >= 0.6 is 11.3 Å². The molecule has 0 aliphatic carbocycles. The number of ether oxygens (including phenoxy) is 2. The van der Waals surface area contributed by atoms with E-state index in [1.165, 1.54) is 11.3 Å². The number of carbonyl (C=O) groups excluding carboxylic acids is 1. The fourth-order valence-corrected chi connectivity index (χ4v) is 5.23. The molecule has 176 valence electrons. The first kappa shape index (κ1) is 23.1. The number of rotatable bonds is 5. The molecular formula is C24H30N4O4S. The molecular weight excluding hydrogens is 440 g/mol. The Hall–Kier alpha value is -3.07. The molecule has 1 N–H and O–H groups in total. The van der Waals surface area contributed by atoms with E-state index >= 15 is 0 Å². The Morgan fingerprint density at radius 3 is 2.67 bits per heavy atom. The molecule has 1 aromatic carbocycles. The molecule has 8 nitrogen and oxygen atoms in total. The normalized spacial score (nSPS) is 13.7. The van der Waals surface area contributed by atoms with Crippen LogP contribution in [0.25, 0.3) is 10.2 Å². The van der Waals surface area contributed by atoms with Crippen LogP contribution in [0.1, 0.15) is 36.8 Å². The lowest BCUT2D eigenvalue weighted by molar-refractivity contribution is 0.184. The van der Waals surface area contributed by atoms with Crippen molar-refractivity contribution in [3.05, 3.63) is 50.9 Å². The van der Waals surface area contributed by atoms with Gasteiger partial charge >= 0.3 is 6.03 Å². The monoisotopic (exact) mass is 470 g/mol. The quantitative estimate of drug-likeness (QED) is 0.616. The van der Waals surface area contributed by atoms with E-state index in [0.717, 1.165) is 20.8 Å². The number of amides is 2. The van der Waals surface area contributed by atoms with Crippen LogP contribution in [0.4, 0.5) is 4.79 Å². The Morgan fingerprint density at radius 2 is 1.97 bits per heavy atom. The van der Waals surface area contributed by atoms with Crippen molar-refractivity contribution < 1.29 is 14.3 Å². The third-order valence-electron chi connectivity index (χ3n) is 5.69. The van der Waals surface area contributed by atoms with Crippen molar-refractivity contribution >= 4 is 27.6 Å². The van der Waals surface area contributed by atoms with Crippen molar-refractivity contribution in [2.24, 2.45) is 0 Å². The van der Waals surface area contributed by atoms with Gasteiger partial charge in [0.1, 0.15) is 4.83 Å². The fraction of sp³-hybridized carbons (Fsp3) is 0.458. The molecule has 9 heteroatoms. The van der Waals surface area contributed by atoms with E-state index in [0.29, 0.717) is 49.4 Å². The third kappa shape index (κ3) is 4.83. The minimum atomic E-state index is -0.291. The maximum Gasteiger partial charge on any atom is 0.318 e. The maximum atomic E-state index is 13.3. The Labute approximate surface area is 197 Å². The molecule has 0 radical (unpaired) electrons. The average molecular weight is 471 g/mol. The van der Waals surface area contributed by atoms with Gasteiger partial charge in [0.25, 0.3) is 5.56 Å². The fourth-order valence-electron chi connectivity index (χ4n) is 4.04. The van der Waals surface area contributed by atoms with E-state index in [1.54, 1.807) is 30.0 Å². The highest BCUT2D eigenvalue weighted by atomic mass is 32.1. The molecule has 33 heavy (non-hydrogen) atoms. The van der Waals surface area contributed by atoms with Crippen LogP contribution in [0.3, 0.4) is 0 Å². The highest BCUT2D eigenvalue weighted by molar-refractivity contribution is 7.18. The van der Waals surface area contributed by atoms with Gasteiger partial charge < -0.3 is 19.7 Å². The van der Waals surface area contributed by atoms with E-state index in [4.69, 9.17) is 9.47 Å². The van der Waals surface area contributed by atoms with Crippen molar-refractivity contribution in [1.29, 1.82) is 0 Å². The molecule has 0 spiro atoms. The van der Waals surface area contributed by atoms with Crippen molar-refractivity contribution in [2.75, 3.05) is 20.8 Å². The van der Waals surface area contributed by atoms with Gasteiger partial charge in [-0.3, -0.25) is 9.36 Å². The van der Waals surface area contributed by atoms with E-state index in [2.05, 4.69) is 10.3 Å². The van der Waals surface area contributed by atoms with E-state index in [9.17, 15) is 9.59 Å². The maximum absolute atomic E-state index is 13.3. The smallest absolute Gasteiger partial charge is 0.318 e. The first-order chi connectivity index (χ1) is 15.7. The van der Waals surface area contributed by atoms with Crippen molar-refractivity contribution in [3.8, 4) is 11.5 Å². The number of thiophene rings is 1. The lowest BCUT2D eigenvalue weighted by Gasteiger charge is -2.31. The average Bonchev–Trinajstić information content (AvgIpc) is 3.15. The topological polar surface area (TPSA) is 85.7 Å². The third-order valence-corrected chi connectivity index (χ3v) is 6.81. The van der Waals surface area contributed by atoms with E-state index < -0.39 is 0 Å². The molecule has 0 unspecified atom stereocenters. The SMILES string of the molecule is COc1ccc(CCn2cnc3sc4c(c3c2=O)CCN(C(=O)NC(C)(C)C)C4)cc1OC. The summed E-state index contributed by atoms with van der Waals surface area (Å²) >= 11 is 1.51. The zero-order chi connectivity index (χ0) is 23.8. The second-order valence-corrected chi connectivity index (χ2v) is 10.3. The molecule has 0 saturated carbocycles. The number of methoxy groups -OCH3 is 2. The molecule has 0 atom stereocenters. The Bertz CT molecular complexity index is 1240. The van der Waals surface area contributed by atoms with Crippen LogP contribution in [0.2, 0.25) is 0 Å². The summed E-state index contributed by atoms with van der Waals surface area (Å²) in [6.45, 7) is 7.50. The van der Waals surface area contributed by atoms with Crippen LogP contribution < -0.4 is 20.3 Å². The van der Waals surface area contributed by atoms with Gasteiger partial charge in [-0.25, -0.2) is 9.78 Å². The van der Waals surface area contributed by atoms with Crippen LogP contribution in [-0.2, 0) is 25.9 Å². The van der Waals surface area contributed by atoms with Crippen LogP contribution in [0.5, 0.6) is 11.5 Å². The minimum absolute atomic E-state index is 0.0226. The molecule has 4 rings (SSSR count). The number of benzene rings is 1. The van der Waals surface area contributed by atoms with Gasteiger partial charge in [-0.05, 0) is 56.9 Å². The summed E-state index contributed by atoms with van der Waals surface area (Å²) in [6, 6.07) is 5.70. The van der Waals surface area contributed by atoms with Gasteiger partial charge in [-0.2, -0.15) is 0 Å². The number of nitrogens with one attached hydrogen (secondary N) is 1. The van der Waals surface area contributed by atoms with Gasteiger partial charge in [0.2, 0.25) is 0 Å². The van der Waals surface area contributed by atoms with Gasteiger partial charge in [-0.1, -0.05) is 6.07 Å². The van der Waals surface area contributed by atoms with Gasteiger partial charge in [0.15, 0.2) is 11.5 Å². The lowest BCUT2D eigenvalue weighted by atomic mass is 10.1. The summed E-state index contributed by atoms with van der Waals surface area (Å²) in [6.07, 6.45) is 2.95. The zero-order valence-electron chi connectivity index (χ0n) is 19.7. The first-order valence-corrected chi connectivity index (χ1v) is 11.8. The Morgan fingerprint density at radius 1 is 1.21 bits per heavy atom. The molecule has 2 aromatic heterocycles. The van der Waals surface area contributed by atoms with Crippen molar-refractivity contribution in [2.45, 2.75) is 52.2 Å². The van der Waals surface area contributed by atoms with Crippen molar-refractivity contribution in [1.82, 2.24) is 19.8 Å². The predicted octanol–water partition coefficient (Wildman–Crippen LogP) is 3.58. The summed E-state index contributed by atoms with van der Waals surface area (Å²) in [5.74, 6) is 1.35. The van der Waals surface area contributed by atoms with E-state index in [-0.39, 0.29) is 17.1 Å². The number of nitrogens with zero attached hydrogens (tertiary/aromatic N) is 3. The summed E-state index contributed by atoms with van der Waals surface area (Å²) in [4.78, 5) is 34.0. The molecule has 0 bridgehead atoms. The highest BCUT2D eigenvalue weighted by Crippen LogP contribution is 2.32. The number of hydrogen-bond donors (Lipinski definition) is 1. The zero-order valence-corrected chi connectivity index (χ0v) is 20.5. The van der Waals surface area contributed by atoms with Gasteiger partial charge in [0, 0.05) is 23.5 Å². The number of hydrogen-bond acceptors (Lipinski definition) is 6. The van der Waals surface area contributed by atoms with Gasteiger partial charge in [0.05, 0.1) is 32.5 Å². The molecule has 1 aliphatic rings. The molecule has 0 saturated heterocycles. The van der Waals surface area contributed by atoms with Crippen LogP contribution in [0.15, 0.2) is 29.3 Å². The molecule has 3 aromatic rings. The number of urea groups is 1. The minimum Gasteiger partial charge on any atom is -0.493 e. The number of aryl methyl sites for hydroxylation is 2. The molecule has 3 heterocycles. The van der Waals surface area contributed by atoms with Crippen LogP contribution in [0, 0.1) is 0 Å². The number of fused-ring (bicyclic) bond motifs is 3. The molecule has 1 aliphatic heterocycles. The molecule has 2 amide bonds. The van der Waals surface area contributed by atoms with Gasteiger partial charge in [-0.15, -0.1) is 11.3 Å². The Balaban J connectivity index is 1.55.